The van der Waals surface area contributed by atoms with Crippen LogP contribution in [0.5, 0.6) is 5.75 Å². The molecule has 0 unspecified atom stereocenters. The quantitative estimate of drug-likeness (QED) is 0.592. The molecule has 0 saturated carbocycles. The Morgan fingerprint density at radius 2 is 1.80 bits per heavy atom. The van der Waals surface area contributed by atoms with Gasteiger partial charge in [0, 0.05) is 9.75 Å². The predicted octanol–water partition coefficient (Wildman–Crippen LogP) is 5.71. The maximum absolute atomic E-state index is 5.66. The molecule has 1 heterocycles. The molecule has 2 rings (SSSR count). The number of aryl methyl sites for hydroxylation is 1. The number of hydrogen-bond acceptors (Lipinski definition) is 2. The van der Waals surface area contributed by atoms with Crippen molar-refractivity contribution in [1.82, 2.24) is 0 Å². The van der Waals surface area contributed by atoms with Crippen LogP contribution in [0.4, 0.5) is 0 Å². The molecule has 0 aliphatic rings. The average Bonchev–Trinajstić information content (AvgIpc) is 2.93. The number of ether oxygens (including phenoxy) is 1. The van der Waals surface area contributed by atoms with Crippen molar-refractivity contribution in [3.8, 4) is 16.2 Å². The maximum atomic E-state index is 5.66. The van der Waals surface area contributed by atoms with Crippen LogP contribution < -0.4 is 4.74 Å². The van der Waals surface area contributed by atoms with Gasteiger partial charge in [0.15, 0.2) is 0 Å². The average molecular weight is 286 g/mol. The number of benzene rings is 1. The molecule has 20 heavy (non-hydrogen) atoms. The van der Waals surface area contributed by atoms with Crippen molar-refractivity contribution in [3.63, 3.8) is 0 Å². The third-order valence-corrected chi connectivity index (χ3v) is 4.24. The largest absolute Gasteiger partial charge is 0.490 e. The second kappa shape index (κ2) is 7.91. The van der Waals surface area contributed by atoms with E-state index in [1.165, 1.54) is 28.2 Å². The van der Waals surface area contributed by atoms with Crippen LogP contribution in [0.3, 0.4) is 0 Å². The van der Waals surface area contributed by atoms with E-state index in [9.17, 15) is 0 Å². The van der Waals surface area contributed by atoms with Crippen LogP contribution in [0.15, 0.2) is 48.6 Å². The minimum absolute atomic E-state index is 0.646. The van der Waals surface area contributed by atoms with Gasteiger partial charge < -0.3 is 4.74 Å². The summed E-state index contributed by atoms with van der Waals surface area (Å²) >= 11 is 1.89. The van der Waals surface area contributed by atoms with Crippen LogP contribution >= 0.6 is 11.3 Å². The van der Waals surface area contributed by atoms with Gasteiger partial charge in [-0.2, -0.15) is 0 Å². The fourth-order valence-electron chi connectivity index (χ4n) is 2.01. The van der Waals surface area contributed by atoms with E-state index in [4.69, 9.17) is 4.74 Å². The van der Waals surface area contributed by atoms with E-state index >= 15 is 0 Å². The van der Waals surface area contributed by atoms with Crippen molar-refractivity contribution in [3.05, 3.63) is 53.4 Å². The van der Waals surface area contributed by atoms with Gasteiger partial charge in [-0.05, 0) is 54.8 Å². The van der Waals surface area contributed by atoms with Crippen molar-refractivity contribution in [1.29, 1.82) is 0 Å². The first-order valence-corrected chi connectivity index (χ1v) is 8.12. The zero-order valence-electron chi connectivity index (χ0n) is 12.3. The van der Waals surface area contributed by atoms with Gasteiger partial charge in [-0.3, -0.25) is 0 Å². The van der Waals surface area contributed by atoms with Crippen LogP contribution in [0.2, 0.25) is 0 Å². The molecule has 1 aromatic heterocycles. The molecular weight excluding hydrogens is 264 g/mol. The summed E-state index contributed by atoms with van der Waals surface area (Å²) in [5.41, 5.74) is 1.27. The van der Waals surface area contributed by atoms with Crippen LogP contribution in [-0.2, 0) is 6.42 Å². The van der Waals surface area contributed by atoms with E-state index in [2.05, 4.69) is 50.3 Å². The fraction of sp³-hybridized carbons (Fsp3) is 0.333. The molecule has 0 N–H and O–H groups in total. The Morgan fingerprint density at radius 3 is 2.50 bits per heavy atom. The topological polar surface area (TPSA) is 9.23 Å². The molecular formula is C18H22OS. The Balaban J connectivity index is 1.98. The molecule has 0 saturated heterocycles. The van der Waals surface area contributed by atoms with Crippen molar-refractivity contribution >= 4 is 11.3 Å². The second-order valence-corrected chi connectivity index (χ2v) is 5.90. The van der Waals surface area contributed by atoms with Crippen LogP contribution in [0.1, 0.15) is 31.6 Å². The Kier molecular flexibility index (Phi) is 5.87. The van der Waals surface area contributed by atoms with Gasteiger partial charge in [0.1, 0.15) is 12.4 Å². The Hall–Kier alpha value is -1.54. The lowest BCUT2D eigenvalue weighted by atomic mass is 10.2. The van der Waals surface area contributed by atoms with E-state index in [1.54, 1.807) is 0 Å². The molecule has 2 aromatic rings. The first kappa shape index (κ1) is 14.9. The Morgan fingerprint density at radius 1 is 1.00 bits per heavy atom. The molecule has 106 valence electrons. The third kappa shape index (κ3) is 4.24. The van der Waals surface area contributed by atoms with E-state index in [-0.39, 0.29) is 0 Å². The highest BCUT2D eigenvalue weighted by atomic mass is 32.1. The van der Waals surface area contributed by atoms with Crippen LogP contribution in [0.25, 0.3) is 10.4 Å². The van der Waals surface area contributed by atoms with E-state index in [0.29, 0.717) is 6.61 Å². The van der Waals surface area contributed by atoms with Crippen molar-refractivity contribution in [2.75, 3.05) is 6.61 Å². The first-order valence-electron chi connectivity index (χ1n) is 7.30. The summed E-state index contributed by atoms with van der Waals surface area (Å²) in [5, 5.41) is 0. The molecule has 2 heteroatoms. The lowest BCUT2D eigenvalue weighted by Crippen LogP contribution is -1.92. The second-order valence-electron chi connectivity index (χ2n) is 4.73. The zero-order chi connectivity index (χ0) is 14.2. The summed E-state index contributed by atoms with van der Waals surface area (Å²) in [4.78, 5) is 2.80. The van der Waals surface area contributed by atoms with E-state index in [0.717, 1.165) is 12.2 Å². The molecule has 0 spiro atoms. The smallest absolute Gasteiger partial charge is 0.119 e. The summed E-state index contributed by atoms with van der Waals surface area (Å²) in [6.45, 7) is 4.99. The molecule has 0 radical (unpaired) electrons. The maximum Gasteiger partial charge on any atom is 0.119 e. The van der Waals surface area contributed by atoms with E-state index in [1.807, 2.05) is 23.5 Å². The SMILES string of the molecule is CCC=CCOc1ccc(-c2ccc(CCC)s2)cc1. The Bertz CT molecular complexity index is 537. The normalized spacial score (nSPS) is 11.1. The number of thiophene rings is 1. The lowest BCUT2D eigenvalue weighted by Gasteiger charge is -2.04. The highest BCUT2D eigenvalue weighted by Gasteiger charge is 2.02. The molecule has 1 aromatic carbocycles. The molecule has 0 aliphatic heterocycles. The summed E-state index contributed by atoms with van der Waals surface area (Å²) < 4.78 is 5.66. The van der Waals surface area contributed by atoms with Gasteiger partial charge in [0.2, 0.25) is 0 Å². The molecule has 1 nitrogen and oxygen atoms in total. The minimum atomic E-state index is 0.646. The zero-order valence-corrected chi connectivity index (χ0v) is 13.1. The van der Waals surface area contributed by atoms with Gasteiger partial charge in [0.25, 0.3) is 0 Å². The summed E-state index contributed by atoms with van der Waals surface area (Å²) in [7, 11) is 0. The van der Waals surface area contributed by atoms with Gasteiger partial charge in [0.05, 0.1) is 0 Å². The number of hydrogen-bond donors (Lipinski definition) is 0. The summed E-state index contributed by atoms with van der Waals surface area (Å²) in [5.74, 6) is 0.930. The lowest BCUT2D eigenvalue weighted by molar-refractivity contribution is 0.362. The molecule has 0 amide bonds. The first-order chi connectivity index (χ1) is 9.83. The van der Waals surface area contributed by atoms with Crippen molar-refractivity contribution < 1.29 is 4.74 Å². The minimum Gasteiger partial charge on any atom is -0.490 e. The van der Waals surface area contributed by atoms with Gasteiger partial charge >= 0.3 is 0 Å². The number of allylic oxidation sites excluding steroid dienone is 1. The predicted molar refractivity (Wildman–Crippen MR) is 88.7 cm³/mol. The Labute approximate surface area is 125 Å². The van der Waals surface area contributed by atoms with Gasteiger partial charge in [-0.25, -0.2) is 0 Å². The summed E-state index contributed by atoms with van der Waals surface area (Å²) in [6, 6.07) is 12.8. The van der Waals surface area contributed by atoms with Crippen LogP contribution in [-0.4, -0.2) is 6.61 Å². The molecule has 0 atom stereocenters. The molecule has 0 fully saturated rings. The third-order valence-electron chi connectivity index (χ3n) is 3.05. The fourth-order valence-corrected chi connectivity index (χ4v) is 3.12. The van der Waals surface area contributed by atoms with Gasteiger partial charge in [-0.1, -0.05) is 32.4 Å². The monoisotopic (exact) mass is 286 g/mol. The van der Waals surface area contributed by atoms with Crippen molar-refractivity contribution in [2.45, 2.75) is 33.1 Å². The highest BCUT2D eigenvalue weighted by molar-refractivity contribution is 7.15. The highest BCUT2D eigenvalue weighted by Crippen LogP contribution is 2.30. The van der Waals surface area contributed by atoms with E-state index < -0.39 is 0 Å². The standard InChI is InChI=1S/C18H22OS/c1-3-5-6-14-19-16-10-8-15(9-11-16)18-13-12-17(20-18)7-4-2/h5-6,8-13H,3-4,7,14H2,1-2H3. The van der Waals surface area contributed by atoms with Crippen molar-refractivity contribution in [2.24, 2.45) is 0 Å². The number of rotatable bonds is 7. The summed E-state index contributed by atoms with van der Waals surface area (Å²) in [6.07, 6.45) is 7.62. The molecule has 0 aliphatic carbocycles. The van der Waals surface area contributed by atoms with Crippen LogP contribution in [0, 0.1) is 0 Å². The molecule has 0 bridgehead atoms. The van der Waals surface area contributed by atoms with Gasteiger partial charge in [-0.15, -0.1) is 11.3 Å².